The molecule has 1 fully saturated rings. The number of carbonyl (C=O) groups excluding carboxylic acids is 3. The molecular formula is C22H25N3O5S. The van der Waals surface area contributed by atoms with Crippen molar-refractivity contribution in [2.24, 2.45) is 0 Å². The summed E-state index contributed by atoms with van der Waals surface area (Å²) in [6.45, 7) is 0.0790. The van der Waals surface area contributed by atoms with Crippen LogP contribution in [0.5, 0.6) is 11.5 Å². The third-order valence-corrected chi connectivity index (χ3v) is 6.80. The standard InChI is InChI=1S/C22H25N3O5S/c1-29-16-6-5-14(12-17(16)30-2)7-10-23-19(26)13-25-20(27)22(24-21(25)28)9-3-4-18-15(22)8-11-31-18/h5-6,8,11-12H,3-4,7,9-10,13H2,1-2H3,(H,23,26)(H,24,28)/t22-/m0/s1. The second kappa shape index (κ2) is 8.58. The zero-order valence-electron chi connectivity index (χ0n) is 17.5. The molecule has 0 saturated carbocycles. The molecule has 1 aliphatic heterocycles. The third-order valence-electron chi connectivity index (χ3n) is 5.82. The molecule has 1 saturated heterocycles. The second-order valence-electron chi connectivity index (χ2n) is 7.63. The highest BCUT2D eigenvalue weighted by molar-refractivity contribution is 7.10. The second-order valence-corrected chi connectivity index (χ2v) is 8.63. The van der Waals surface area contributed by atoms with Gasteiger partial charge in [-0.1, -0.05) is 6.07 Å². The fourth-order valence-electron chi connectivity index (χ4n) is 4.27. The highest BCUT2D eigenvalue weighted by Crippen LogP contribution is 2.42. The minimum Gasteiger partial charge on any atom is -0.493 e. The van der Waals surface area contributed by atoms with Crippen LogP contribution >= 0.6 is 11.3 Å². The van der Waals surface area contributed by atoms with Gasteiger partial charge in [0.25, 0.3) is 5.91 Å². The maximum atomic E-state index is 13.2. The van der Waals surface area contributed by atoms with Gasteiger partial charge in [0.05, 0.1) is 14.2 Å². The minimum absolute atomic E-state index is 0.294. The Kier molecular flexibility index (Phi) is 5.86. The monoisotopic (exact) mass is 443 g/mol. The third kappa shape index (κ3) is 3.85. The van der Waals surface area contributed by atoms with Crippen LogP contribution in [0.2, 0.25) is 0 Å². The van der Waals surface area contributed by atoms with Crippen molar-refractivity contribution < 1.29 is 23.9 Å². The maximum absolute atomic E-state index is 13.2. The molecule has 164 valence electrons. The fraction of sp³-hybridized carbons (Fsp3) is 0.409. The molecule has 8 nitrogen and oxygen atoms in total. The summed E-state index contributed by atoms with van der Waals surface area (Å²) in [5.41, 5.74) is 0.822. The molecule has 1 atom stereocenters. The van der Waals surface area contributed by atoms with Crippen molar-refractivity contribution in [1.29, 1.82) is 0 Å². The number of methoxy groups -OCH3 is 2. The van der Waals surface area contributed by atoms with Gasteiger partial charge in [-0.2, -0.15) is 0 Å². The maximum Gasteiger partial charge on any atom is 0.325 e. The minimum atomic E-state index is -1.02. The van der Waals surface area contributed by atoms with Crippen molar-refractivity contribution in [2.75, 3.05) is 27.3 Å². The first kappa shape index (κ1) is 21.2. The molecule has 31 heavy (non-hydrogen) atoms. The quantitative estimate of drug-likeness (QED) is 0.640. The molecule has 0 radical (unpaired) electrons. The first-order valence-corrected chi connectivity index (χ1v) is 11.0. The van der Waals surface area contributed by atoms with Crippen LogP contribution in [0.25, 0.3) is 0 Å². The topological polar surface area (TPSA) is 97.0 Å². The van der Waals surface area contributed by atoms with Crippen LogP contribution in [-0.2, 0) is 28.0 Å². The van der Waals surface area contributed by atoms with Gasteiger partial charge in [-0.15, -0.1) is 11.3 Å². The van der Waals surface area contributed by atoms with Crippen LogP contribution < -0.4 is 20.1 Å². The lowest BCUT2D eigenvalue weighted by Crippen LogP contribution is -2.46. The van der Waals surface area contributed by atoms with Gasteiger partial charge in [-0.05, 0) is 54.8 Å². The molecule has 2 N–H and O–H groups in total. The number of fused-ring (bicyclic) bond motifs is 2. The van der Waals surface area contributed by atoms with E-state index >= 15 is 0 Å². The molecule has 2 heterocycles. The molecule has 9 heteroatoms. The van der Waals surface area contributed by atoms with E-state index in [1.165, 1.54) is 0 Å². The van der Waals surface area contributed by atoms with Crippen molar-refractivity contribution in [3.05, 3.63) is 45.6 Å². The van der Waals surface area contributed by atoms with Gasteiger partial charge in [-0.25, -0.2) is 4.79 Å². The van der Waals surface area contributed by atoms with E-state index in [9.17, 15) is 14.4 Å². The molecule has 1 aliphatic carbocycles. The number of hydrogen-bond donors (Lipinski definition) is 2. The zero-order chi connectivity index (χ0) is 22.0. The number of rotatable bonds is 7. The van der Waals surface area contributed by atoms with E-state index in [0.717, 1.165) is 33.7 Å². The van der Waals surface area contributed by atoms with Crippen LogP contribution in [-0.4, -0.2) is 50.1 Å². The van der Waals surface area contributed by atoms with Crippen LogP contribution in [0.15, 0.2) is 29.6 Å². The Morgan fingerprint density at radius 2 is 2.03 bits per heavy atom. The average molecular weight is 444 g/mol. The van der Waals surface area contributed by atoms with Crippen molar-refractivity contribution in [2.45, 2.75) is 31.2 Å². The first-order chi connectivity index (χ1) is 15.0. The molecule has 2 aromatic rings. The highest BCUT2D eigenvalue weighted by atomic mass is 32.1. The number of aryl methyl sites for hydroxylation is 1. The van der Waals surface area contributed by atoms with E-state index in [1.54, 1.807) is 25.6 Å². The van der Waals surface area contributed by atoms with E-state index in [0.29, 0.717) is 30.9 Å². The smallest absolute Gasteiger partial charge is 0.325 e. The largest absolute Gasteiger partial charge is 0.493 e. The molecule has 4 amide bonds. The van der Waals surface area contributed by atoms with E-state index in [4.69, 9.17) is 9.47 Å². The van der Waals surface area contributed by atoms with Gasteiger partial charge in [0.2, 0.25) is 5.91 Å². The van der Waals surface area contributed by atoms with Gasteiger partial charge < -0.3 is 20.1 Å². The van der Waals surface area contributed by atoms with Crippen LogP contribution in [0.1, 0.15) is 28.8 Å². The number of carbonyl (C=O) groups is 3. The average Bonchev–Trinajstić information content (AvgIpc) is 3.34. The van der Waals surface area contributed by atoms with Crippen LogP contribution in [0.3, 0.4) is 0 Å². The van der Waals surface area contributed by atoms with Gasteiger partial charge in [0.1, 0.15) is 12.1 Å². The molecular weight excluding hydrogens is 418 g/mol. The molecule has 1 aromatic heterocycles. The summed E-state index contributed by atoms with van der Waals surface area (Å²) in [5.74, 6) is 0.546. The molecule has 2 aliphatic rings. The summed E-state index contributed by atoms with van der Waals surface area (Å²) in [6.07, 6.45) is 2.87. The summed E-state index contributed by atoms with van der Waals surface area (Å²) in [6, 6.07) is 6.96. The van der Waals surface area contributed by atoms with Gasteiger partial charge in [0.15, 0.2) is 11.5 Å². The molecule has 4 rings (SSSR count). The normalized spacial score (nSPS) is 19.9. The molecule has 1 aromatic carbocycles. The Morgan fingerprint density at radius 1 is 1.23 bits per heavy atom. The van der Waals surface area contributed by atoms with Gasteiger partial charge in [0, 0.05) is 17.0 Å². The number of ether oxygens (including phenoxy) is 2. The summed E-state index contributed by atoms with van der Waals surface area (Å²) in [4.78, 5) is 40.3. The first-order valence-electron chi connectivity index (χ1n) is 10.2. The Morgan fingerprint density at radius 3 is 2.81 bits per heavy atom. The van der Waals surface area contributed by atoms with E-state index < -0.39 is 11.6 Å². The zero-order valence-corrected chi connectivity index (χ0v) is 18.3. The Hall–Kier alpha value is -3.07. The van der Waals surface area contributed by atoms with Crippen LogP contribution in [0.4, 0.5) is 4.79 Å². The number of imide groups is 1. The van der Waals surface area contributed by atoms with Crippen molar-refractivity contribution >= 4 is 29.2 Å². The van der Waals surface area contributed by atoms with Crippen LogP contribution in [0, 0.1) is 0 Å². The van der Waals surface area contributed by atoms with E-state index in [2.05, 4.69) is 10.6 Å². The number of amides is 4. The molecule has 0 bridgehead atoms. The lowest BCUT2D eigenvalue weighted by Gasteiger charge is -2.31. The van der Waals surface area contributed by atoms with Crippen molar-refractivity contribution in [3.8, 4) is 11.5 Å². The SMILES string of the molecule is COc1ccc(CCNC(=O)CN2C(=O)N[C@]3(CCCc4sccc43)C2=O)cc1OC. The number of nitrogens with one attached hydrogen (secondary N) is 2. The fourth-order valence-corrected chi connectivity index (χ4v) is 5.27. The lowest BCUT2D eigenvalue weighted by molar-refractivity contribution is -0.135. The van der Waals surface area contributed by atoms with Crippen molar-refractivity contribution in [3.63, 3.8) is 0 Å². The highest BCUT2D eigenvalue weighted by Gasteiger charge is 2.54. The summed E-state index contributed by atoms with van der Waals surface area (Å²) >= 11 is 1.60. The molecule has 1 spiro atoms. The Bertz CT molecular complexity index is 1020. The Labute approximate surface area is 184 Å². The number of benzene rings is 1. The molecule has 0 unspecified atom stereocenters. The predicted octanol–water partition coefficient (Wildman–Crippen LogP) is 2.21. The Balaban J connectivity index is 1.35. The van der Waals surface area contributed by atoms with E-state index in [1.807, 2.05) is 29.6 Å². The predicted molar refractivity (Wildman–Crippen MR) is 115 cm³/mol. The number of thiophene rings is 1. The lowest BCUT2D eigenvalue weighted by atomic mass is 9.80. The summed E-state index contributed by atoms with van der Waals surface area (Å²) < 4.78 is 10.5. The van der Waals surface area contributed by atoms with Crippen molar-refractivity contribution in [1.82, 2.24) is 15.5 Å². The van der Waals surface area contributed by atoms with Gasteiger partial charge in [-0.3, -0.25) is 14.5 Å². The van der Waals surface area contributed by atoms with E-state index in [-0.39, 0.29) is 18.4 Å². The number of hydrogen-bond acceptors (Lipinski definition) is 6. The summed E-state index contributed by atoms with van der Waals surface area (Å²) in [7, 11) is 3.14. The van der Waals surface area contributed by atoms with Gasteiger partial charge >= 0.3 is 6.03 Å². The summed E-state index contributed by atoms with van der Waals surface area (Å²) in [5, 5.41) is 7.59. The number of nitrogens with zero attached hydrogens (tertiary/aromatic N) is 1. The number of urea groups is 1.